The third-order valence-electron chi connectivity index (χ3n) is 2.25. The fourth-order valence-electron chi connectivity index (χ4n) is 1.60. The SMILES string of the molecule is Cc1cn2c(Br)c(C(C)(F)F)nc2c(C)n1. The van der Waals surface area contributed by atoms with Gasteiger partial charge >= 0.3 is 0 Å². The summed E-state index contributed by atoms with van der Waals surface area (Å²) in [5, 5.41) is 0. The van der Waals surface area contributed by atoms with Crippen LogP contribution in [0.15, 0.2) is 10.8 Å². The number of hydrogen-bond acceptors (Lipinski definition) is 2. The van der Waals surface area contributed by atoms with Gasteiger partial charge in [0.1, 0.15) is 10.3 Å². The number of aromatic nitrogens is 3. The Hall–Kier alpha value is -1.04. The van der Waals surface area contributed by atoms with Gasteiger partial charge in [-0.25, -0.2) is 4.98 Å². The van der Waals surface area contributed by atoms with Crippen LogP contribution in [0.1, 0.15) is 24.0 Å². The van der Waals surface area contributed by atoms with E-state index in [0.717, 1.165) is 12.6 Å². The lowest BCUT2D eigenvalue weighted by molar-refractivity contribution is 0.0124. The molecule has 0 bridgehead atoms. The first kappa shape index (κ1) is 11.4. The number of rotatable bonds is 1. The summed E-state index contributed by atoms with van der Waals surface area (Å²) in [5.41, 5.74) is 1.59. The Labute approximate surface area is 99.6 Å². The molecular formula is C10H10BrF2N3. The lowest BCUT2D eigenvalue weighted by Gasteiger charge is -2.06. The van der Waals surface area contributed by atoms with Crippen LogP contribution in [-0.2, 0) is 5.92 Å². The van der Waals surface area contributed by atoms with Crippen molar-refractivity contribution in [1.82, 2.24) is 14.4 Å². The molecule has 86 valence electrons. The Morgan fingerprint density at radius 1 is 1.31 bits per heavy atom. The Bertz CT molecular complexity index is 557. The first-order valence-electron chi connectivity index (χ1n) is 4.71. The molecule has 0 saturated heterocycles. The van der Waals surface area contributed by atoms with Crippen molar-refractivity contribution in [3.63, 3.8) is 0 Å². The third-order valence-corrected chi connectivity index (χ3v) is 3.01. The summed E-state index contributed by atoms with van der Waals surface area (Å²) in [6.07, 6.45) is 1.68. The average molecular weight is 290 g/mol. The number of halogens is 3. The van der Waals surface area contributed by atoms with Crippen molar-refractivity contribution in [2.24, 2.45) is 0 Å². The van der Waals surface area contributed by atoms with Crippen LogP contribution in [0.2, 0.25) is 0 Å². The minimum Gasteiger partial charge on any atom is -0.290 e. The third kappa shape index (κ3) is 1.71. The molecule has 16 heavy (non-hydrogen) atoms. The van der Waals surface area contributed by atoms with Crippen molar-refractivity contribution >= 4 is 21.6 Å². The lowest BCUT2D eigenvalue weighted by Crippen LogP contribution is -2.08. The topological polar surface area (TPSA) is 30.2 Å². The highest BCUT2D eigenvalue weighted by Crippen LogP contribution is 2.33. The standard InChI is InChI=1S/C10H10BrF2N3/c1-5-4-16-8(11)7(10(3,12)13)15-9(16)6(2)14-5/h4H,1-3H3. The van der Waals surface area contributed by atoms with E-state index in [1.165, 1.54) is 0 Å². The van der Waals surface area contributed by atoms with Gasteiger partial charge in [-0.2, -0.15) is 8.78 Å². The quantitative estimate of drug-likeness (QED) is 0.807. The van der Waals surface area contributed by atoms with Gasteiger partial charge in [0.15, 0.2) is 5.65 Å². The van der Waals surface area contributed by atoms with Crippen molar-refractivity contribution in [2.75, 3.05) is 0 Å². The highest BCUT2D eigenvalue weighted by Gasteiger charge is 2.32. The minimum atomic E-state index is -2.97. The Morgan fingerprint density at radius 3 is 2.50 bits per heavy atom. The van der Waals surface area contributed by atoms with E-state index in [2.05, 4.69) is 25.9 Å². The summed E-state index contributed by atoms with van der Waals surface area (Å²) in [7, 11) is 0. The second-order valence-electron chi connectivity index (χ2n) is 3.80. The van der Waals surface area contributed by atoms with Crippen LogP contribution in [0.5, 0.6) is 0 Å². The normalized spacial score (nSPS) is 12.4. The maximum Gasteiger partial charge on any atom is 0.289 e. The minimum absolute atomic E-state index is 0.261. The summed E-state index contributed by atoms with van der Waals surface area (Å²) >= 11 is 3.15. The molecule has 0 amide bonds. The van der Waals surface area contributed by atoms with Gasteiger partial charge < -0.3 is 0 Å². The Kier molecular flexibility index (Phi) is 2.49. The van der Waals surface area contributed by atoms with E-state index in [1.54, 1.807) is 17.5 Å². The summed E-state index contributed by atoms with van der Waals surface area (Å²) < 4.78 is 28.4. The maximum absolute atomic E-state index is 13.3. The molecule has 6 heteroatoms. The second-order valence-corrected chi connectivity index (χ2v) is 4.55. The van der Waals surface area contributed by atoms with E-state index in [4.69, 9.17) is 0 Å². The smallest absolute Gasteiger partial charge is 0.289 e. The van der Waals surface area contributed by atoms with E-state index < -0.39 is 5.92 Å². The molecule has 0 spiro atoms. The number of alkyl halides is 2. The lowest BCUT2D eigenvalue weighted by atomic mass is 10.3. The highest BCUT2D eigenvalue weighted by molar-refractivity contribution is 9.10. The van der Waals surface area contributed by atoms with E-state index in [0.29, 0.717) is 11.3 Å². The largest absolute Gasteiger partial charge is 0.290 e. The molecule has 0 aromatic carbocycles. The molecule has 0 saturated carbocycles. The molecule has 0 radical (unpaired) electrons. The molecule has 2 aromatic rings. The van der Waals surface area contributed by atoms with Gasteiger partial charge in [0, 0.05) is 13.1 Å². The van der Waals surface area contributed by atoms with Gasteiger partial charge in [-0.15, -0.1) is 0 Å². The van der Waals surface area contributed by atoms with Crippen molar-refractivity contribution in [1.29, 1.82) is 0 Å². The van der Waals surface area contributed by atoms with Gasteiger partial charge in [0.05, 0.1) is 11.4 Å². The zero-order valence-electron chi connectivity index (χ0n) is 9.05. The van der Waals surface area contributed by atoms with Gasteiger partial charge in [-0.05, 0) is 29.8 Å². The summed E-state index contributed by atoms with van der Waals surface area (Å²) in [6, 6.07) is 0. The monoisotopic (exact) mass is 289 g/mol. The van der Waals surface area contributed by atoms with Crippen molar-refractivity contribution in [3.8, 4) is 0 Å². The molecule has 2 aromatic heterocycles. The first-order valence-corrected chi connectivity index (χ1v) is 5.50. The van der Waals surface area contributed by atoms with Gasteiger partial charge in [0.2, 0.25) is 0 Å². The number of aryl methyl sites for hydroxylation is 2. The fourth-order valence-corrected chi connectivity index (χ4v) is 2.30. The van der Waals surface area contributed by atoms with Gasteiger partial charge in [-0.3, -0.25) is 9.38 Å². The van der Waals surface area contributed by atoms with Crippen LogP contribution < -0.4 is 0 Å². The van der Waals surface area contributed by atoms with E-state index in [-0.39, 0.29) is 10.3 Å². The van der Waals surface area contributed by atoms with Crippen LogP contribution in [0, 0.1) is 13.8 Å². The molecule has 2 rings (SSSR count). The fraction of sp³-hybridized carbons (Fsp3) is 0.400. The first-order chi connectivity index (χ1) is 7.30. The van der Waals surface area contributed by atoms with E-state index in [1.807, 2.05) is 6.92 Å². The Balaban J connectivity index is 2.83. The van der Waals surface area contributed by atoms with Crippen molar-refractivity contribution in [3.05, 3.63) is 27.9 Å². The predicted molar refractivity (Wildman–Crippen MR) is 59.7 cm³/mol. The second kappa shape index (κ2) is 3.48. The summed E-state index contributed by atoms with van der Waals surface area (Å²) in [6.45, 7) is 4.39. The zero-order valence-corrected chi connectivity index (χ0v) is 10.6. The molecule has 0 atom stereocenters. The highest BCUT2D eigenvalue weighted by atomic mass is 79.9. The van der Waals surface area contributed by atoms with Crippen LogP contribution in [0.25, 0.3) is 5.65 Å². The Morgan fingerprint density at radius 2 is 1.94 bits per heavy atom. The van der Waals surface area contributed by atoms with E-state index in [9.17, 15) is 8.78 Å². The van der Waals surface area contributed by atoms with Crippen LogP contribution in [-0.4, -0.2) is 14.4 Å². The number of imidazole rings is 1. The molecule has 0 fully saturated rings. The molecule has 0 unspecified atom stereocenters. The molecule has 0 aliphatic rings. The number of fused-ring (bicyclic) bond motifs is 1. The van der Waals surface area contributed by atoms with Gasteiger partial charge in [-0.1, -0.05) is 0 Å². The van der Waals surface area contributed by atoms with Crippen molar-refractivity contribution < 1.29 is 8.78 Å². The molecule has 2 heterocycles. The van der Waals surface area contributed by atoms with Crippen LogP contribution >= 0.6 is 15.9 Å². The molecular weight excluding hydrogens is 280 g/mol. The predicted octanol–water partition coefficient (Wildman–Crippen LogP) is 3.22. The van der Waals surface area contributed by atoms with E-state index >= 15 is 0 Å². The number of hydrogen-bond donors (Lipinski definition) is 0. The molecule has 0 N–H and O–H groups in total. The van der Waals surface area contributed by atoms with Crippen LogP contribution in [0.4, 0.5) is 8.78 Å². The maximum atomic E-state index is 13.3. The summed E-state index contributed by atoms with van der Waals surface area (Å²) in [5.74, 6) is -2.97. The van der Waals surface area contributed by atoms with Crippen LogP contribution in [0.3, 0.4) is 0 Å². The molecule has 0 aliphatic heterocycles. The van der Waals surface area contributed by atoms with Gasteiger partial charge in [0.25, 0.3) is 5.92 Å². The molecule has 0 aliphatic carbocycles. The zero-order chi connectivity index (χ0) is 12.1. The van der Waals surface area contributed by atoms with Crippen molar-refractivity contribution in [2.45, 2.75) is 26.7 Å². The summed E-state index contributed by atoms with van der Waals surface area (Å²) in [4.78, 5) is 8.12. The number of nitrogens with zero attached hydrogens (tertiary/aromatic N) is 3. The average Bonchev–Trinajstić information content (AvgIpc) is 2.43. The molecule has 3 nitrogen and oxygen atoms in total.